The number of rotatable bonds is 6. The monoisotopic (exact) mass is 531 g/mol. The summed E-state index contributed by atoms with van der Waals surface area (Å²) in [6.45, 7) is -0.0472. The highest BCUT2D eigenvalue weighted by atomic mass is 35.5. The number of amides is 1. The van der Waals surface area contributed by atoms with Crippen LogP contribution in [0.15, 0.2) is 60.2 Å². The molecule has 1 atom stereocenters. The zero-order valence-electron chi connectivity index (χ0n) is 19.1. The molecule has 1 aliphatic heterocycles. The molecular formula is C26H20Cl2FNO6. The zero-order chi connectivity index (χ0) is 26.1. The number of aromatic hydroxyl groups is 1. The van der Waals surface area contributed by atoms with Crippen LogP contribution in [-0.2, 0) is 16.1 Å². The summed E-state index contributed by atoms with van der Waals surface area (Å²) in [4.78, 5) is 27.7. The lowest BCUT2D eigenvalue weighted by molar-refractivity contribution is -0.140. The van der Waals surface area contributed by atoms with Crippen LogP contribution in [0.1, 0.15) is 22.7 Å². The molecule has 1 amide bonds. The van der Waals surface area contributed by atoms with Crippen LogP contribution in [0.3, 0.4) is 0 Å². The standard InChI is InChI=1S/C26H20Cl2FNO6/c1-35-24-17(11-18(27)25(36-2)20(24)28)22(32)19-21(14-5-9-16(31)10-6-14)30(26(34)23(19)33)12-13-3-7-15(29)8-4-13/h3-11,21,31-32H,12H2,1-2H3/b22-19+. The molecule has 2 N–H and O–H groups in total. The van der Waals surface area contributed by atoms with E-state index in [-0.39, 0.29) is 45.0 Å². The summed E-state index contributed by atoms with van der Waals surface area (Å²) in [5, 5.41) is 21.2. The number of halogens is 3. The van der Waals surface area contributed by atoms with E-state index < -0.39 is 29.3 Å². The molecule has 0 spiro atoms. The average molecular weight is 532 g/mol. The minimum Gasteiger partial charge on any atom is -0.508 e. The van der Waals surface area contributed by atoms with E-state index in [4.69, 9.17) is 32.7 Å². The van der Waals surface area contributed by atoms with Crippen molar-refractivity contribution in [2.75, 3.05) is 14.2 Å². The highest BCUT2D eigenvalue weighted by Crippen LogP contribution is 2.47. The lowest BCUT2D eigenvalue weighted by Crippen LogP contribution is -2.29. The van der Waals surface area contributed by atoms with Crippen LogP contribution in [0.2, 0.25) is 10.0 Å². The minimum absolute atomic E-state index is 0.00962. The maximum atomic E-state index is 13.4. The van der Waals surface area contributed by atoms with Crippen molar-refractivity contribution in [3.8, 4) is 17.2 Å². The van der Waals surface area contributed by atoms with Gasteiger partial charge in [0, 0.05) is 6.54 Å². The lowest BCUT2D eigenvalue weighted by atomic mass is 9.94. The number of ketones is 1. The van der Waals surface area contributed by atoms with Gasteiger partial charge in [-0.05, 0) is 41.5 Å². The van der Waals surface area contributed by atoms with Gasteiger partial charge in [0.05, 0.1) is 36.4 Å². The fourth-order valence-electron chi connectivity index (χ4n) is 4.12. The summed E-state index contributed by atoms with van der Waals surface area (Å²) in [5.41, 5.74) is 0.760. The number of phenolic OH excluding ortho intramolecular Hbond substituents is 1. The Kier molecular flexibility index (Phi) is 7.10. The van der Waals surface area contributed by atoms with Crippen LogP contribution in [0.4, 0.5) is 4.39 Å². The predicted molar refractivity (Wildman–Crippen MR) is 132 cm³/mol. The fourth-order valence-corrected chi connectivity index (χ4v) is 4.81. The fraction of sp³-hybridized carbons (Fsp3) is 0.154. The van der Waals surface area contributed by atoms with Crippen molar-refractivity contribution < 1.29 is 33.7 Å². The van der Waals surface area contributed by atoms with Gasteiger partial charge in [0.1, 0.15) is 22.3 Å². The van der Waals surface area contributed by atoms with Gasteiger partial charge in [-0.15, -0.1) is 0 Å². The molecule has 7 nitrogen and oxygen atoms in total. The van der Waals surface area contributed by atoms with E-state index in [1.165, 1.54) is 73.7 Å². The quantitative estimate of drug-likeness (QED) is 0.248. The van der Waals surface area contributed by atoms with E-state index in [0.717, 1.165) is 0 Å². The van der Waals surface area contributed by atoms with Crippen LogP contribution >= 0.6 is 23.2 Å². The molecule has 1 heterocycles. The van der Waals surface area contributed by atoms with Crippen molar-refractivity contribution in [1.29, 1.82) is 0 Å². The second-order valence-corrected chi connectivity index (χ2v) is 8.72. The summed E-state index contributed by atoms with van der Waals surface area (Å²) in [6, 6.07) is 11.6. The van der Waals surface area contributed by atoms with Crippen molar-refractivity contribution in [2.45, 2.75) is 12.6 Å². The molecule has 1 aliphatic rings. The van der Waals surface area contributed by atoms with Crippen molar-refractivity contribution >= 4 is 40.7 Å². The van der Waals surface area contributed by atoms with Crippen molar-refractivity contribution in [3.05, 3.63) is 92.7 Å². The summed E-state index contributed by atoms with van der Waals surface area (Å²) in [7, 11) is 2.67. The lowest BCUT2D eigenvalue weighted by Gasteiger charge is -2.26. The third-order valence-corrected chi connectivity index (χ3v) is 6.43. The number of hydrogen-bond donors (Lipinski definition) is 2. The van der Waals surface area contributed by atoms with Crippen LogP contribution < -0.4 is 9.47 Å². The first-order valence-corrected chi connectivity index (χ1v) is 11.4. The molecule has 4 rings (SSSR count). The van der Waals surface area contributed by atoms with Crippen LogP contribution in [-0.4, -0.2) is 41.0 Å². The van der Waals surface area contributed by atoms with E-state index in [9.17, 15) is 24.2 Å². The zero-order valence-corrected chi connectivity index (χ0v) is 20.6. The molecule has 186 valence electrons. The topological polar surface area (TPSA) is 96.3 Å². The van der Waals surface area contributed by atoms with Crippen LogP contribution in [0.25, 0.3) is 5.76 Å². The largest absolute Gasteiger partial charge is 0.508 e. The van der Waals surface area contributed by atoms with Gasteiger partial charge in [-0.2, -0.15) is 0 Å². The van der Waals surface area contributed by atoms with Gasteiger partial charge in [-0.25, -0.2) is 4.39 Å². The number of benzene rings is 3. The Morgan fingerprint density at radius 2 is 1.61 bits per heavy atom. The highest BCUT2D eigenvalue weighted by molar-refractivity contribution is 6.47. The number of aliphatic hydroxyl groups is 1. The summed E-state index contributed by atoms with van der Waals surface area (Å²) >= 11 is 12.6. The number of hydrogen-bond acceptors (Lipinski definition) is 6. The number of ether oxygens (including phenoxy) is 2. The van der Waals surface area contributed by atoms with E-state index in [2.05, 4.69) is 0 Å². The number of carbonyl (C=O) groups is 2. The Bertz CT molecular complexity index is 1370. The summed E-state index contributed by atoms with van der Waals surface area (Å²) < 4.78 is 24.0. The third-order valence-electron chi connectivity index (χ3n) is 5.81. The van der Waals surface area contributed by atoms with Gasteiger partial charge in [0.2, 0.25) is 0 Å². The van der Waals surface area contributed by atoms with Crippen molar-refractivity contribution in [1.82, 2.24) is 4.90 Å². The van der Waals surface area contributed by atoms with Gasteiger partial charge in [0.25, 0.3) is 11.7 Å². The number of carbonyl (C=O) groups excluding carboxylic acids is 2. The summed E-state index contributed by atoms with van der Waals surface area (Å²) in [6.07, 6.45) is 0. The first-order chi connectivity index (χ1) is 17.2. The Balaban J connectivity index is 1.93. The Labute approximate surface area is 215 Å². The molecule has 1 fully saturated rings. The number of aliphatic hydroxyl groups excluding tert-OH is 1. The van der Waals surface area contributed by atoms with E-state index in [1.807, 2.05) is 0 Å². The second kappa shape index (κ2) is 10.1. The molecule has 3 aromatic rings. The molecule has 36 heavy (non-hydrogen) atoms. The maximum Gasteiger partial charge on any atom is 0.295 e. The number of phenols is 1. The normalized spacial score (nSPS) is 16.9. The first-order valence-electron chi connectivity index (χ1n) is 10.6. The first kappa shape index (κ1) is 25.3. The average Bonchev–Trinajstić information content (AvgIpc) is 3.10. The van der Waals surface area contributed by atoms with E-state index in [0.29, 0.717) is 11.1 Å². The molecule has 0 radical (unpaired) electrons. The van der Waals surface area contributed by atoms with Gasteiger partial charge in [-0.1, -0.05) is 47.5 Å². The van der Waals surface area contributed by atoms with Crippen molar-refractivity contribution in [3.63, 3.8) is 0 Å². The number of Topliss-reactive ketones (excluding diaryl/α,β-unsaturated/α-hetero) is 1. The molecular weight excluding hydrogens is 512 g/mol. The van der Waals surface area contributed by atoms with Gasteiger partial charge < -0.3 is 24.6 Å². The van der Waals surface area contributed by atoms with E-state index in [1.54, 1.807) is 0 Å². The molecule has 0 saturated carbocycles. The third kappa shape index (κ3) is 4.45. The number of methoxy groups -OCH3 is 2. The predicted octanol–water partition coefficient (Wildman–Crippen LogP) is 5.48. The number of likely N-dealkylation sites (tertiary alicyclic amines) is 1. The van der Waals surface area contributed by atoms with Crippen molar-refractivity contribution in [2.24, 2.45) is 0 Å². The molecule has 3 aromatic carbocycles. The molecule has 0 aliphatic carbocycles. The molecule has 1 saturated heterocycles. The SMILES string of the molecule is COc1c(Cl)cc(/C(O)=C2\C(=O)C(=O)N(Cc3ccc(F)cc3)C2c2ccc(O)cc2)c(OC)c1Cl. The van der Waals surface area contributed by atoms with Gasteiger partial charge in [-0.3, -0.25) is 9.59 Å². The number of nitrogens with zero attached hydrogens (tertiary/aromatic N) is 1. The Morgan fingerprint density at radius 3 is 2.19 bits per heavy atom. The van der Waals surface area contributed by atoms with Gasteiger partial charge >= 0.3 is 0 Å². The molecule has 0 aromatic heterocycles. The highest BCUT2D eigenvalue weighted by Gasteiger charge is 2.46. The van der Waals surface area contributed by atoms with E-state index >= 15 is 0 Å². The van der Waals surface area contributed by atoms with Crippen LogP contribution in [0.5, 0.6) is 17.2 Å². The maximum absolute atomic E-state index is 13.4. The Hall–Kier alpha value is -3.75. The minimum atomic E-state index is -1.04. The molecule has 0 bridgehead atoms. The Morgan fingerprint density at radius 1 is 1.00 bits per heavy atom. The smallest absolute Gasteiger partial charge is 0.295 e. The molecule has 10 heteroatoms. The van der Waals surface area contributed by atoms with Gasteiger partial charge in [0.15, 0.2) is 11.5 Å². The molecule has 1 unspecified atom stereocenters. The summed E-state index contributed by atoms with van der Waals surface area (Å²) in [5.74, 6) is -2.75. The van der Waals surface area contributed by atoms with Crippen LogP contribution in [0, 0.1) is 5.82 Å². The second-order valence-electron chi connectivity index (χ2n) is 7.93.